The first-order valence-corrected chi connectivity index (χ1v) is 8.61. The van der Waals surface area contributed by atoms with Crippen LogP contribution in [-0.2, 0) is 4.79 Å². The van der Waals surface area contributed by atoms with Crippen molar-refractivity contribution in [1.82, 2.24) is 14.7 Å². The first-order valence-electron chi connectivity index (χ1n) is 8.61. The Bertz CT molecular complexity index is 584. The number of amides is 1. The summed E-state index contributed by atoms with van der Waals surface area (Å²) in [5, 5.41) is 13.4. The molecule has 3 rings (SSSR count). The number of carboxylic acids is 1. The van der Waals surface area contributed by atoms with E-state index in [9.17, 15) is 9.59 Å². The lowest BCUT2D eigenvalue weighted by Gasteiger charge is -2.33. The average molecular weight is 319 g/mol. The predicted octanol–water partition coefficient (Wildman–Crippen LogP) is 2.63. The summed E-state index contributed by atoms with van der Waals surface area (Å²) in [6.45, 7) is 3.29. The van der Waals surface area contributed by atoms with Crippen molar-refractivity contribution in [1.29, 1.82) is 0 Å². The molecule has 2 fully saturated rings. The van der Waals surface area contributed by atoms with Crippen molar-refractivity contribution in [3.05, 3.63) is 17.5 Å². The summed E-state index contributed by atoms with van der Waals surface area (Å²) in [5.41, 5.74) is 0.969. The van der Waals surface area contributed by atoms with Crippen molar-refractivity contribution in [2.24, 2.45) is 5.92 Å². The lowest BCUT2D eigenvalue weighted by molar-refractivity contribution is -0.133. The molecular formula is C17H25N3O3. The van der Waals surface area contributed by atoms with Gasteiger partial charge in [0.15, 0.2) is 0 Å². The van der Waals surface area contributed by atoms with E-state index >= 15 is 0 Å². The Morgan fingerprint density at radius 1 is 1.26 bits per heavy atom. The maximum absolute atomic E-state index is 12.3. The fraction of sp³-hybridized carbons (Fsp3) is 0.706. The van der Waals surface area contributed by atoms with Crippen LogP contribution in [0.2, 0.25) is 0 Å². The van der Waals surface area contributed by atoms with E-state index in [-0.39, 0.29) is 17.5 Å². The molecule has 1 saturated heterocycles. The molecule has 0 atom stereocenters. The van der Waals surface area contributed by atoms with E-state index in [0.29, 0.717) is 12.1 Å². The maximum Gasteiger partial charge on any atom is 0.339 e. The van der Waals surface area contributed by atoms with Gasteiger partial charge in [-0.3, -0.25) is 9.48 Å². The number of hydrogen-bond donors (Lipinski definition) is 1. The fourth-order valence-corrected chi connectivity index (χ4v) is 3.63. The number of carbonyl (C=O) groups is 2. The number of hydrogen-bond acceptors (Lipinski definition) is 3. The molecular weight excluding hydrogens is 294 g/mol. The highest BCUT2D eigenvalue weighted by Gasteiger charge is 2.27. The second-order valence-electron chi connectivity index (χ2n) is 6.84. The van der Waals surface area contributed by atoms with Crippen LogP contribution in [0.25, 0.3) is 0 Å². The summed E-state index contributed by atoms with van der Waals surface area (Å²) in [7, 11) is 0. The Kier molecular flexibility index (Phi) is 4.68. The van der Waals surface area contributed by atoms with Gasteiger partial charge in [-0.15, -0.1) is 0 Å². The number of aromatic carboxylic acids is 1. The molecule has 6 heteroatoms. The molecule has 126 valence electrons. The van der Waals surface area contributed by atoms with Gasteiger partial charge in [0.25, 0.3) is 0 Å². The summed E-state index contributed by atoms with van der Waals surface area (Å²) >= 11 is 0. The molecule has 1 saturated carbocycles. The minimum absolute atomic E-state index is 0.193. The molecule has 0 aromatic carbocycles. The van der Waals surface area contributed by atoms with Crippen molar-refractivity contribution in [2.75, 3.05) is 13.1 Å². The van der Waals surface area contributed by atoms with E-state index in [1.165, 1.54) is 25.5 Å². The van der Waals surface area contributed by atoms with Crippen molar-refractivity contribution in [3.8, 4) is 0 Å². The number of carbonyl (C=O) groups excluding carboxylic acids is 1. The Morgan fingerprint density at radius 3 is 2.48 bits per heavy atom. The quantitative estimate of drug-likeness (QED) is 0.905. The molecule has 0 unspecified atom stereocenters. The topological polar surface area (TPSA) is 75.4 Å². The van der Waals surface area contributed by atoms with Crippen molar-refractivity contribution in [3.63, 3.8) is 0 Å². The zero-order valence-corrected chi connectivity index (χ0v) is 13.7. The highest BCUT2D eigenvalue weighted by molar-refractivity contribution is 5.88. The molecule has 1 aliphatic heterocycles. The number of likely N-dealkylation sites (tertiary alicyclic amines) is 1. The van der Waals surface area contributed by atoms with Gasteiger partial charge in [-0.25, -0.2) is 4.79 Å². The van der Waals surface area contributed by atoms with Crippen LogP contribution in [0, 0.1) is 12.8 Å². The van der Waals surface area contributed by atoms with Gasteiger partial charge >= 0.3 is 5.97 Å². The number of nitrogens with zero attached hydrogens (tertiary/aromatic N) is 3. The molecule has 1 aromatic rings. The van der Waals surface area contributed by atoms with Crippen LogP contribution in [0.4, 0.5) is 0 Å². The van der Waals surface area contributed by atoms with Gasteiger partial charge in [-0.1, -0.05) is 19.3 Å². The van der Waals surface area contributed by atoms with Crippen molar-refractivity contribution >= 4 is 11.9 Å². The summed E-state index contributed by atoms with van der Waals surface area (Å²) in [4.78, 5) is 25.3. The van der Waals surface area contributed by atoms with Gasteiger partial charge in [0, 0.05) is 19.5 Å². The third kappa shape index (κ3) is 3.41. The SMILES string of the molecule is Cc1c(C(=O)O)cnn1C1CCN(C(=O)CCC2CCC2)CC1. The molecule has 1 aromatic heterocycles. The Morgan fingerprint density at radius 2 is 1.96 bits per heavy atom. The molecule has 23 heavy (non-hydrogen) atoms. The largest absolute Gasteiger partial charge is 0.478 e. The molecule has 0 radical (unpaired) electrons. The monoisotopic (exact) mass is 319 g/mol. The summed E-state index contributed by atoms with van der Waals surface area (Å²) in [6, 6.07) is 0.193. The second kappa shape index (κ2) is 6.72. The van der Waals surface area contributed by atoms with Crippen molar-refractivity contribution in [2.45, 2.75) is 57.9 Å². The molecule has 2 heterocycles. The first kappa shape index (κ1) is 16.0. The minimum Gasteiger partial charge on any atom is -0.478 e. The molecule has 1 amide bonds. The Labute approximate surface area is 136 Å². The molecule has 1 aliphatic carbocycles. The molecule has 2 aliphatic rings. The van der Waals surface area contributed by atoms with E-state index < -0.39 is 5.97 Å². The summed E-state index contributed by atoms with van der Waals surface area (Å²) < 4.78 is 1.82. The Hall–Kier alpha value is -1.85. The van der Waals surface area contributed by atoms with Gasteiger partial charge in [-0.05, 0) is 32.1 Å². The van der Waals surface area contributed by atoms with Gasteiger partial charge in [0.05, 0.1) is 17.9 Å². The van der Waals surface area contributed by atoms with Crippen LogP contribution in [0.3, 0.4) is 0 Å². The lowest BCUT2D eigenvalue weighted by atomic mass is 9.82. The van der Waals surface area contributed by atoms with Gasteiger partial charge < -0.3 is 10.0 Å². The number of rotatable bonds is 5. The normalized spacial score (nSPS) is 19.6. The maximum atomic E-state index is 12.3. The zero-order chi connectivity index (χ0) is 16.4. The third-order valence-corrected chi connectivity index (χ3v) is 5.43. The average Bonchev–Trinajstić information content (AvgIpc) is 2.87. The van der Waals surface area contributed by atoms with Gasteiger partial charge in [0.1, 0.15) is 5.56 Å². The van der Waals surface area contributed by atoms with Crippen LogP contribution in [0.5, 0.6) is 0 Å². The second-order valence-corrected chi connectivity index (χ2v) is 6.84. The molecule has 1 N–H and O–H groups in total. The number of aromatic nitrogens is 2. The van der Waals surface area contributed by atoms with Crippen LogP contribution in [0.1, 0.15) is 67.0 Å². The first-order chi connectivity index (χ1) is 11.1. The Balaban J connectivity index is 1.51. The smallest absolute Gasteiger partial charge is 0.339 e. The molecule has 6 nitrogen and oxygen atoms in total. The van der Waals surface area contributed by atoms with E-state index in [0.717, 1.165) is 38.3 Å². The fourth-order valence-electron chi connectivity index (χ4n) is 3.63. The third-order valence-electron chi connectivity index (χ3n) is 5.43. The molecule has 0 bridgehead atoms. The van der Waals surface area contributed by atoms with Crippen LogP contribution < -0.4 is 0 Å². The van der Waals surface area contributed by atoms with Crippen LogP contribution >= 0.6 is 0 Å². The predicted molar refractivity (Wildman–Crippen MR) is 85.3 cm³/mol. The summed E-state index contributed by atoms with van der Waals surface area (Å²) in [6.07, 6.45) is 8.74. The van der Waals surface area contributed by atoms with E-state index in [4.69, 9.17) is 5.11 Å². The van der Waals surface area contributed by atoms with Crippen molar-refractivity contribution < 1.29 is 14.7 Å². The van der Waals surface area contributed by atoms with E-state index in [1.54, 1.807) is 6.92 Å². The highest BCUT2D eigenvalue weighted by Crippen LogP contribution is 2.31. The number of carboxylic acid groups (broad SMARTS) is 1. The van der Waals surface area contributed by atoms with E-state index in [1.807, 2.05) is 9.58 Å². The highest BCUT2D eigenvalue weighted by atomic mass is 16.4. The van der Waals surface area contributed by atoms with E-state index in [2.05, 4.69) is 5.10 Å². The zero-order valence-electron chi connectivity index (χ0n) is 13.7. The molecule has 0 spiro atoms. The summed E-state index contributed by atoms with van der Waals surface area (Å²) in [5.74, 6) is 0.119. The minimum atomic E-state index is -0.933. The van der Waals surface area contributed by atoms with Gasteiger partial charge in [-0.2, -0.15) is 5.10 Å². The standard InChI is InChI=1S/C17H25N3O3/c1-12-15(17(22)23)11-18-20(12)14-7-9-19(10-8-14)16(21)6-5-13-3-2-4-13/h11,13-14H,2-10H2,1H3,(H,22,23). The lowest BCUT2D eigenvalue weighted by Crippen LogP contribution is -2.39. The van der Waals surface area contributed by atoms with Crippen LogP contribution in [0.15, 0.2) is 6.20 Å². The van der Waals surface area contributed by atoms with Crippen LogP contribution in [-0.4, -0.2) is 44.8 Å². The van der Waals surface area contributed by atoms with Gasteiger partial charge in [0.2, 0.25) is 5.91 Å². The number of piperidine rings is 1.